The molecule has 0 heterocycles. The van der Waals surface area contributed by atoms with Crippen molar-refractivity contribution in [3.63, 3.8) is 0 Å². The Bertz CT molecular complexity index is 1030. The van der Waals surface area contributed by atoms with Crippen molar-refractivity contribution >= 4 is 28.3 Å². The molecule has 0 unspecified atom stereocenters. The Morgan fingerprint density at radius 3 is 2.25 bits per heavy atom. The number of amides is 1. The first-order valence-corrected chi connectivity index (χ1v) is 8.70. The zero-order valence-corrected chi connectivity index (χ0v) is 15.9. The zero-order chi connectivity index (χ0) is 20.1. The van der Waals surface area contributed by atoms with E-state index in [2.05, 4.69) is 5.32 Å². The summed E-state index contributed by atoms with van der Waals surface area (Å²) in [6.07, 6.45) is 0. The highest BCUT2D eigenvalue weighted by molar-refractivity contribution is 6.00. The fourth-order valence-corrected chi connectivity index (χ4v) is 2.86. The minimum atomic E-state index is -0.631. The quantitative estimate of drug-likeness (QED) is 0.656. The van der Waals surface area contributed by atoms with Crippen LogP contribution in [0, 0.1) is 6.92 Å². The highest BCUT2D eigenvalue weighted by atomic mass is 16.5. The summed E-state index contributed by atoms with van der Waals surface area (Å²) in [5, 5.41) is 4.52. The highest BCUT2D eigenvalue weighted by Crippen LogP contribution is 2.27. The molecule has 0 aliphatic rings. The van der Waals surface area contributed by atoms with Gasteiger partial charge in [-0.15, -0.1) is 0 Å². The molecule has 0 aliphatic carbocycles. The number of carbonyl (C=O) groups excluding carboxylic acids is 2. The molecule has 0 fully saturated rings. The molecule has 1 amide bonds. The van der Waals surface area contributed by atoms with Gasteiger partial charge in [0.2, 0.25) is 0 Å². The SMILES string of the molecule is COc1ccc(C)cc1NC(=O)COC(=O)c1cc2ccccc2cc1OC. The average molecular weight is 379 g/mol. The Labute approximate surface area is 163 Å². The summed E-state index contributed by atoms with van der Waals surface area (Å²) in [5.41, 5.74) is 1.75. The molecule has 0 radical (unpaired) electrons. The predicted octanol–water partition coefficient (Wildman–Crippen LogP) is 3.96. The van der Waals surface area contributed by atoms with E-state index in [1.807, 2.05) is 37.3 Å². The Hall–Kier alpha value is -3.54. The van der Waals surface area contributed by atoms with Crippen LogP contribution in [0.15, 0.2) is 54.6 Å². The summed E-state index contributed by atoms with van der Waals surface area (Å²) in [6.45, 7) is 1.48. The molecule has 0 spiro atoms. The van der Waals surface area contributed by atoms with Crippen molar-refractivity contribution in [2.24, 2.45) is 0 Å². The van der Waals surface area contributed by atoms with Crippen molar-refractivity contribution in [2.45, 2.75) is 6.92 Å². The molecule has 144 valence electrons. The summed E-state index contributed by atoms with van der Waals surface area (Å²) in [6, 6.07) is 16.5. The monoisotopic (exact) mass is 379 g/mol. The van der Waals surface area contributed by atoms with E-state index < -0.39 is 18.5 Å². The van der Waals surface area contributed by atoms with Crippen LogP contribution in [0.4, 0.5) is 5.69 Å². The first-order valence-electron chi connectivity index (χ1n) is 8.70. The van der Waals surface area contributed by atoms with Crippen LogP contribution in [0.3, 0.4) is 0 Å². The Balaban J connectivity index is 1.71. The fraction of sp³-hybridized carbons (Fsp3) is 0.182. The minimum absolute atomic E-state index is 0.266. The van der Waals surface area contributed by atoms with Gasteiger partial charge in [0.25, 0.3) is 5.91 Å². The highest BCUT2D eigenvalue weighted by Gasteiger charge is 2.17. The van der Waals surface area contributed by atoms with Crippen LogP contribution >= 0.6 is 0 Å². The number of esters is 1. The van der Waals surface area contributed by atoms with Gasteiger partial charge in [-0.25, -0.2) is 4.79 Å². The van der Waals surface area contributed by atoms with Gasteiger partial charge in [-0.05, 0) is 47.5 Å². The van der Waals surface area contributed by atoms with Crippen molar-refractivity contribution in [2.75, 3.05) is 26.1 Å². The first kappa shape index (κ1) is 19.2. The zero-order valence-electron chi connectivity index (χ0n) is 15.9. The number of hydrogen-bond acceptors (Lipinski definition) is 5. The standard InChI is InChI=1S/C22H21NO5/c1-14-8-9-19(26-2)18(10-14)23-21(24)13-28-22(25)17-11-15-6-4-5-7-16(15)12-20(17)27-3/h4-12H,13H2,1-3H3,(H,23,24). The van der Waals surface area contributed by atoms with Gasteiger partial charge in [-0.2, -0.15) is 0 Å². The molecule has 0 saturated heterocycles. The molecule has 6 nitrogen and oxygen atoms in total. The summed E-state index contributed by atoms with van der Waals surface area (Å²) < 4.78 is 15.7. The lowest BCUT2D eigenvalue weighted by atomic mass is 10.1. The molecular formula is C22H21NO5. The maximum atomic E-state index is 12.5. The summed E-state index contributed by atoms with van der Waals surface area (Å²) in [4.78, 5) is 24.7. The molecule has 3 aromatic rings. The lowest BCUT2D eigenvalue weighted by Crippen LogP contribution is -2.21. The van der Waals surface area contributed by atoms with Crippen LogP contribution in [0.5, 0.6) is 11.5 Å². The molecule has 0 atom stereocenters. The number of anilines is 1. The van der Waals surface area contributed by atoms with Crippen LogP contribution in [0.25, 0.3) is 10.8 Å². The van der Waals surface area contributed by atoms with Crippen LogP contribution in [-0.2, 0) is 9.53 Å². The van der Waals surface area contributed by atoms with Crippen molar-refractivity contribution in [3.8, 4) is 11.5 Å². The number of hydrogen-bond donors (Lipinski definition) is 1. The number of ether oxygens (including phenoxy) is 3. The van der Waals surface area contributed by atoms with Crippen molar-refractivity contribution in [1.29, 1.82) is 0 Å². The lowest BCUT2D eigenvalue weighted by Gasteiger charge is -2.12. The van der Waals surface area contributed by atoms with Gasteiger partial charge in [0.15, 0.2) is 6.61 Å². The second-order valence-electron chi connectivity index (χ2n) is 6.23. The number of benzene rings is 3. The first-order chi connectivity index (χ1) is 13.5. The van der Waals surface area contributed by atoms with E-state index in [4.69, 9.17) is 14.2 Å². The Kier molecular flexibility index (Phi) is 5.79. The van der Waals surface area contributed by atoms with E-state index in [1.54, 1.807) is 24.3 Å². The number of rotatable bonds is 6. The van der Waals surface area contributed by atoms with Gasteiger partial charge in [-0.3, -0.25) is 4.79 Å². The van der Waals surface area contributed by atoms with Crippen LogP contribution < -0.4 is 14.8 Å². The third-order valence-electron chi connectivity index (χ3n) is 4.25. The van der Waals surface area contributed by atoms with Gasteiger partial charge in [0.05, 0.1) is 19.9 Å². The van der Waals surface area contributed by atoms with Crippen molar-refractivity contribution in [3.05, 3.63) is 65.7 Å². The maximum Gasteiger partial charge on any atom is 0.342 e. The molecule has 3 aromatic carbocycles. The Morgan fingerprint density at radius 1 is 0.893 bits per heavy atom. The van der Waals surface area contributed by atoms with Gasteiger partial charge in [-0.1, -0.05) is 30.3 Å². The van der Waals surface area contributed by atoms with Gasteiger partial charge in [0.1, 0.15) is 17.1 Å². The smallest absolute Gasteiger partial charge is 0.342 e. The maximum absolute atomic E-state index is 12.5. The molecule has 0 aromatic heterocycles. The van der Waals surface area contributed by atoms with E-state index in [9.17, 15) is 9.59 Å². The molecule has 28 heavy (non-hydrogen) atoms. The van der Waals surface area contributed by atoms with Crippen molar-refractivity contribution < 1.29 is 23.8 Å². The second kappa shape index (κ2) is 8.43. The summed E-state index contributed by atoms with van der Waals surface area (Å²) >= 11 is 0. The number of methoxy groups -OCH3 is 2. The molecule has 6 heteroatoms. The normalized spacial score (nSPS) is 10.4. The second-order valence-corrected chi connectivity index (χ2v) is 6.23. The molecule has 1 N–H and O–H groups in total. The third kappa shape index (κ3) is 4.23. The molecule has 0 aliphatic heterocycles. The van der Waals surface area contributed by atoms with Crippen molar-refractivity contribution in [1.82, 2.24) is 0 Å². The predicted molar refractivity (Wildman–Crippen MR) is 107 cm³/mol. The van der Waals surface area contributed by atoms with Gasteiger partial charge >= 0.3 is 5.97 Å². The van der Waals surface area contributed by atoms with Crippen LogP contribution in [-0.4, -0.2) is 32.7 Å². The van der Waals surface area contributed by atoms with E-state index in [0.717, 1.165) is 16.3 Å². The molecule has 0 bridgehead atoms. The van der Waals surface area contributed by atoms with E-state index in [0.29, 0.717) is 17.2 Å². The number of carbonyl (C=O) groups is 2. The third-order valence-corrected chi connectivity index (χ3v) is 4.25. The van der Waals surface area contributed by atoms with Gasteiger partial charge < -0.3 is 19.5 Å². The minimum Gasteiger partial charge on any atom is -0.496 e. The van der Waals surface area contributed by atoms with E-state index in [-0.39, 0.29) is 5.56 Å². The number of fused-ring (bicyclic) bond motifs is 1. The topological polar surface area (TPSA) is 73.9 Å². The molecule has 3 rings (SSSR count). The van der Waals surface area contributed by atoms with Crippen LogP contribution in [0.2, 0.25) is 0 Å². The van der Waals surface area contributed by atoms with Gasteiger partial charge in [0, 0.05) is 0 Å². The largest absolute Gasteiger partial charge is 0.496 e. The molecular weight excluding hydrogens is 358 g/mol. The summed E-state index contributed by atoms with van der Waals surface area (Å²) in [5.74, 6) is -0.170. The number of nitrogens with one attached hydrogen (secondary N) is 1. The molecule has 0 saturated carbocycles. The lowest BCUT2D eigenvalue weighted by molar-refractivity contribution is -0.119. The fourth-order valence-electron chi connectivity index (χ4n) is 2.86. The van der Waals surface area contributed by atoms with E-state index in [1.165, 1.54) is 14.2 Å². The number of aryl methyl sites for hydroxylation is 1. The average Bonchev–Trinajstić information content (AvgIpc) is 2.71. The Morgan fingerprint density at radius 2 is 1.57 bits per heavy atom. The van der Waals surface area contributed by atoms with Crippen LogP contribution in [0.1, 0.15) is 15.9 Å². The van der Waals surface area contributed by atoms with E-state index >= 15 is 0 Å². The summed E-state index contributed by atoms with van der Waals surface area (Å²) in [7, 11) is 3.00.